The van der Waals surface area contributed by atoms with Crippen molar-refractivity contribution in [2.24, 2.45) is 0 Å². The molecular weight excluding hydrogens is 259 g/mol. The fourth-order valence-corrected chi connectivity index (χ4v) is 1.60. The van der Waals surface area contributed by atoms with Crippen LogP contribution in [0.15, 0.2) is 36.4 Å². The zero-order valence-corrected chi connectivity index (χ0v) is 10.5. The summed E-state index contributed by atoms with van der Waals surface area (Å²) >= 11 is 11.7. The van der Waals surface area contributed by atoms with Crippen LogP contribution in [0.5, 0.6) is 17.2 Å². The van der Waals surface area contributed by atoms with Crippen LogP contribution in [0.1, 0.15) is 0 Å². The van der Waals surface area contributed by atoms with Gasteiger partial charge in [0.15, 0.2) is 11.5 Å². The van der Waals surface area contributed by atoms with E-state index in [0.29, 0.717) is 27.3 Å². The predicted octanol–water partition coefficient (Wildman–Crippen LogP) is 4.59. The van der Waals surface area contributed by atoms with Gasteiger partial charge in [-0.15, -0.1) is 0 Å². The minimum atomic E-state index is 0.447. The highest BCUT2D eigenvalue weighted by atomic mass is 35.5. The summed E-state index contributed by atoms with van der Waals surface area (Å²) in [6.45, 7) is 0. The Labute approximate surface area is 110 Å². The first-order chi connectivity index (χ1) is 8.20. The van der Waals surface area contributed by atoms with Crippen molar-refractivity contribution in [1.29, 1.82) is 0 Å². The van der Waals surface area contributed by atoms with E-state index >= 15 is 0 Å². The van der Waals surface area contributed by atoms with Crippen molar-refractivity contribution in [2.75, 3.05) is 7.11 Å². The molecule has 0 saturated carbocycles. The first-order valence-corrected chi connectivity index (χ1v) is 5.64. The summed E-state index contributed by atoms with van der Waals surface area (Å²) < 4.78 is 10.8. The van der Waals surface area contributed by atoms with Gasteiger partial charge in [-0.2, -0.15) is 0 Å². The summed E-state index contributed by atoms with van der Waals surface area (Å²) in [5, 5.41) is 0.939. The van der Waals surface area contributed by atoms with E-state index in [0.717, 1.165) is 0 Å². The first kappa shape index (κ1) is 12.1. The monoisotopic (exact) mass is 267 g/mol. The fraction of sp³-hybridized carbons (Fsp3) is 0.0769. The zero-order chi connectivity index (χ0) is 12.3. The van der Waals surface area contributed by atoms with E-state index in [4.69, 9.17) is 32.7 Å². The second-order valence-electron chi connectivity index (χ2n) is 3.25. The Balaban J connectivity index is 2.28. The number of halogens is 2. The van der Waals surface area contributed by atoms with E-state index in [1.807, 2.05) is 6.07 Å². The van der Waals surface area contributed by atoms with E-state index in [2.05, 4.69) is 6.07 Å². The van der Waals surface area contributed by atoms with Gasteiger partial charge in [-0.3, -0.25) is 0 Å². The van der Waals surface area contributed by atoms with E-state index < -0.39 is 0 Å². The number of rotatable bonds is 3. The van der Waals surface area contributed by atoms with Crippen molar-refractivity contribution < 1.29 is 9.47 Å². The predicted molar refractivity (Wildman–Crippen MR) is 68.4 cm³/mol. The van der Waals surface area contributed by atoms with Gasteiger partial charge in [0, 0.05) is 12.1 Å². The maximum atomic E-state index is 5.90. The molecule has 0 amide bonds. The van der Waals surface area contributed by atoms with Crippen molar-refractivity contribution in [3.8, 4) is 17.2 Å². The highest BCUT2D eigenvalue weighted by molar-refractivity contribution is 6.42. The average molecular weight is 268 g/mol. The van der Waals surface area contributed by atoms with Crippen molar-refractivity contribution in [3.63, 3.8) is 0 Å². The smallest absolute Gasteiger partial charge is 0.169 e. The van der Waals surface area contributed by atoms with Gasteiger partial charge in [0.2, 0.25) is 0 Å². The molecule has 2 aromatic rings. The van der Waals surface area contributed by atoms with Gasteiger partial charge >= 0.3 is 0 Å². The highest BCUT2D eigenvalue weighted by Gasteiger charge is 2.06. The molecule has 2 aromatic carbocycles. The van der Waals surface area contributed by atoms with Crippen molar-refractivity contribution >= 4 is 23.2 Å². The summed E-state index contributed by atoms with van der Waals surface area (Å²) in [6.07, 6.45) is 0. The molecule has 0 saturated heterocycles. The highest BCUT2D eigenvalue weighted by Crippen LogP contribution is 2.33. The van der Waals surface area contributed by atoms with Gasteiger partial charge in [-0.25, -0.2) is 0 Å². The molecule has 4 heteroatoms. The fourth-order valence-electron chi connectivity index (χ4n) is 1.31. The lowest BCUT2D eigenvalue weighted by molar-refractivity contribution is 0.378. The zero-order valence-electron chi connectivity index (χ0n) is 9.04. The first-order valence-electron chi connectivity index (χ1n) is 4.88. The Morgan fingerprint density at radius 3 is 2.65 bits per heavy atom. The number of para-hydroxylation sites is 1. The molecule has 0 atom stereocenters. The number of ether oxygens (including phenoxy) is 2. The van der Waals surface area contributed by atoms with E-state index in [-0.39, 0.29) is 0 Å². The molecule has 17 heavy (non-hydrogen) atoms. The summed E-state index contributed by atoms with van der Waals surface area (Å²) in [6, 6.07) is 13.3. The molecule has 0 N–H and O–H groups in total. The molecule has 87 valence electrons. The van der Waals surface area contributed by atoms with Gasteiger partial charge in [0.1, 0.15) is 5.75 Å². The molecule has 0 fully saturated rings. The van der Waals surface area contributed by atoms with Gasteiger partial charge in [-0.1, -0.05) is 35.3 Å². The van der Waals surface area contributed by atoms with Crippen LogP contribution < -0.4 is 9.47 Å². The molecule has 2 nitrogen and oxygen atoms in total. The van der Waals surface area contributed by atoms with E-state index in [1.54, 1.807) is 37.4 Å². The molecule has 0 bridgehead atoms. The topological polar surface area (TPSA) is 18.5 Å². The van der Waals surface area contributed by atoms with Gasteiger partial charge in [0.05, 0.1) is 17.2 Å². The average Bonchev–Trinajstić information content (AvgIpc) is 2.34. The van der Waals surface area contributed by atoms with Crippen LogP contribution in [0.25, 0.3) is 0 Å². The van der Waals surface area contributed by atoms with Crippen LogP contribution in [-0.2, 0) is 0 Å². The Bertz CT molecular complexity index is 527. The maximum Gasteiger partial charge on any atom is 0.169 e. The molecule has 0 aliphatic carbocycles. The lowest BCUT2D eigenvalue weighted by Crippen LogP contribution is -1.90. The third-order valence-corrected chi connectivity index (χ3v) is 2.84. The SMILES string of the molecule is COc1[c]cccc1Oc1ccc(Cl)c(Cl)c1. The van der Waals surface area contributed by atoms with Crippen LogP contribution in [0, 0.1) is 6.07 Å². The number of hydrogen-bond acceptors (Lipinski definition) is 2. The molecule has 1 radical (unpaired) electrons. The Hall–Kier alpha value is -1.38. The molecule has 0 aliphatic heterocycles. The van der Waals surface area contributed by atoms with Crippen molar-refractivity contribution in [3.05, 3.63) is 52.5 Å². The molecule has 2 rings (SSSR count). The molecule has 0 aliphatic rings. The van der Waals surface area contributed by atoms with Crippen LogP contribution in [0.4, 0.5) is 0 Å². The number of benzene rings is 2. The van der Waals surface area contributed by atoms with Gasteiger partial charge < -0.3 is 9.47 Å². The van der Waals surface area contributed by atoms with Gasteiger partial charge in [0.25, 0.3) is 0 Å². The number of hydrogen-bond donors (Lipinski definition) is 0. The maximum absolute atomic E-state index is 5.90. The minimum Gasteiger partial charge on any atom is -0.492 e. The second-order valence-corrected chi connectivity index (χ2v) is 4.06. The summed E-state index contributed by atoms with van der Waals surface area (Å²) in [4.78, 5) is 0. The Kier molecular flexibility index (Phi) is 3.77. The van der Waals surface area contributed by atoms with Gasteiger partial charge in [-0.05, 0) is 18.2 Å². The third kappa shape index (κ3) is 2.84. The largest absolute Gasteiger partial charge is 0.492 e. The van der Waals surface area contributed by atoms with Crippen molar-refractivity contribution in [2.45, 2.75) is 0 Å². The van der Waals surface area contributed by atoms with Crippen LogP contribution in [0.3, 0.4) is 0 Å². The van der Waals surface area contributed by atoms with Crippen LogP contribution >= 0.6 is 23.2 Å². The molecule has 0 unspecified atom stereocenters. The second kappa shape index (κ2) is 5.30. The number of methoxy groups -OCH3 is 1. The third-order valence-electron chi connectivity index (χ3n) is 2.11. The molecular formula is C13H9Cl2O2. The lowest BCUT2D eigenvalue weighted by atomic mass is 10.3. The van der Waals surface area contributed by atoms with Crippen molar-refractivity contribution in [1.82, 2.24) is 0 Å². The quantitative estimate of drug-likeness (QED) is 0.810. The summed E-state index contributed by atoms with van der Waals surface area (Å²) in [5.74, 6) is 1.71. The van der Waals surface area contributed by atoms with Crippen LogP contribution in [0.2, 0.25) is 10.0 Å². The Morgan fingerprint density at radius 1 is 1.12 bits per heavy atom. The normalized spacial score (nSPS) is 10.1. The Morgan fingerprint density at radius 2 is 1.94 bits per heavy atom. The lowest BCUT2D eigenvalue weighted by Gasteiger charge is -2.09. The van der Waals surface area contributed by atoms with Crippen LogP contribution in [-0.4, -0.2) is 7.11 Å². The molecule has 0 aromatic heterocycles. The summed E-state index contributed by atoms with van der Waals surface area (Å²) in [5.41, 5.74) is 0. The van der Waals surface area contributed by atoms with E-state index in [9.17, 15) is 0 Å². The summed E-state index contributed by atoms with van der Waals surface area (Å²) in [7, 11) is 1.56. The van der Waals surface area contributed by atoms with E-state index in [1.165, 1.54) is 0 Å². The molecule has 0 spiro atoms. The molecule has 0 heterocycles. The minimum absolute atomic E-state index is 0.447. The standard InChI is InChI=1S/C13H9Cl2O2/c1-16-12-4-2-3-5-13(12)17-9-6-7-10(14)11(15)8-9/h2-3,5-8H,1H3.